The minimum Gasteiger partial charge on any atom is -0.355 e. The van der Waals surface area contributed by atoms with Crippen LogP contribution in [0.5, 0.6) is 0 Å². The third kappa shape index (κ3) is 5.03. The summed E-state index contributed by atoms with van der Waals surface area (Å²) in [5, 5.41) is 11.9. The molecule has 1 unspecified atom stereocenters. The van der Waals surface area contributed by atoms with Crippen LogP contribution in [0.15, 0.2) is 66.7 Å². The van der Waals surface area contributed by atoms with Crippen molar-refractivity contribution in [3.05, 3.63) is 89.5 Å². The van der Waals surface area contributed by atoms with Crippen LogP contribution >= 0.6 is 0 Å². The van der Waals surface area contributed by atoms with Crippen LogP contribution in [0.2, 0.25) is 0 Å². The van der Waals surface area contributed by atoms with Gasteiger partial charge in [0.2, 0.25) is 0 Å². The number of nitrogens with one attached hydrogen (secondary N) is 2. The number of nitrogens with zero attached hydrogens (tertiary/aromatic N) is 3. The van der Waals surface area contributed by atoms with Crippen LogP contribution in [0.3, 0.4) is 0 Å². The molecule has 6 rings (SSSR count). The number of fused-ring (bicyclic) bond motifs is 1. The predicted octanol–water partition coefficient (Wildman–Crippen LogP) is 7.20. The van der Waals surface area contributed by atoms with Crippen molar-refractivity contribution in [2.45, 2.75) is 44.8 Å². The van der Waals surface area contributed by atoms with Crippen molar-refractivity contribution >= 4 is 34.0 Å². The van der Waals surface area contributed by atoms with E-state index in [1.54, 1.807) is 28.8 Å². The van der Waals surface area contributed by atoms with Crippen molar-refractivity contribution in [1.29, 1.82) is 5.41 Å². The Labute approximate surface area is 226 Å². The maximum Gasteiger partial charge on any atom is 0.253 e. The minimum atomic E-state index is -1.19. The van der Waals surface area contributed by atoms with E-state index in [0.29, 0.717) is 54.1 Å². The number of carbonyl (C=O) groups is 1. The number of amides is 1. The molecule has 0 bridgehead atoms. The molecule has 2 aliphatic rings. The average Bonchev–Trinajstić information content (AvgIpc) is 3.72. The SMILES string of the molecule is CC(F)n1c(C2CCN(C(=O)c3ccc(Nc4cccc(F)c4)c(C(=N)C4CC4)c3)CC2)nc2ccccc21. The van der Waals surface area contributed by atoms with Gasteiger partial charge in [-0.3, -0.25) is 9.36 Å². The lowest BCUT2D eigenvalue weighted by atomic mass is 9.94. The molecule has 2 fully saturated rings. The number of anilines is 2. The molecule has 1 amide bonds. The van der Waals surface area contributed by atoms with Crippen molar-refractivity contribution in [2.75, 3.05) is 18.4 Å². The second-order valence-corrected chi connectivity index (χ2v) is 10.6. The van der Waals surface area contributed by atoms with Gasteiger partial charge in [-0.1, -0.05) is 18.2 Å². The molecule has 0 radical (unpaired) electrons. The van der Waals surface area contributed by atoms with E-state index < -0.39 is 6.30 Å². The van der Waals surface area contributed by atoms with Crippen molar-refractivity contribution in [3.63, 3.8) is 0 Å². The van der Waals surface area contributed by atoms with E-state index in [4.69, 9.17) is 10.4 Å². The lowest BCUT2D eigenvalue weighted by molar-refractivity contribution is 0.0708. The van der Waals surface area contributed by atoms with Gasteiger partial charge in [0.05, 0.1) is 11.0 Å². The average molecular weight is 528 g/mol. The van der Waals surface area contributed by atoms with E-state index in [9.17, 15) is 13.6 Å². The smallest absolute Gasteiger partial charge is 0.253 e. The highest BCUT2D eigenvalue weighted by Gasteiger charge is 2.31. The normalized spacial score (nSPS) is 16.8. The molecule has 1 aliphatic carbocycles. The zero-order valence-corrected chi connectivity index (χ0v) is 21.8. The van der Waals surface area contributed by atoms with E-state index in [0.717, 1.165) is 29.7 Å². The second kappa shape index (κ2) is 10.2. The Bertz CT molecular complexity index is 1550. The number of halogens is 2. The van der Waals surface area contributed by atoms with Crippen LogP contribution in [0.1, 0.15) is 66.6 Å². The Morgan fingerprint density at radius 3 is 2.51 bits per heavy atom. The van der Waals surface area contributed by atoms with Gasteiger partial charge in [-0.05, 0) is 81.1 Å². The minimum absolute atomic E-state index is 0.0658. The summed E-state index contributed by atoms with van der Waals surface area (Å²) < 4.78 is 30.0. The first-order valence-corrected chi connectivity index (χ1v) is 13.5. The summed E-state index contributed by atoms with van der Waals surface area (Å²) in [5.74, 6) is 0.576. The molecule has 1 saturated carbocycles. The van der Waals surface area contributed by atoms with Gasteiger partial charge < -0.3 is 15.6 Å². The van der Waals surface area contributed by atoms with Gasteiger partial charge in [0, 0.05) is 53.1 Å². The quantitative estimate of drug-likeness (QED) is 0.250. The number of imidazole rings is 1. The van der Waals surface area contributed by atoms with Gasteiger partial charge in [0.1, 0.15) is 11.6 Å². The fourth-order valence-electron chi connectivity index (χ4n) is 5.57. The number of hydrogen-bond acceptors (Lipinski definition) is 4. The molecule has 1 atom stereocenters. The number of benzene rings is 3. The second-order valence-electron chi connectivity index (χ2n) is 10.6. The maximum absolute atomic E-state index is 14.6. The molecule has 6 nitrogen and oxygen atoms in total. The van der Waals surface area contributed by atoms with Crippen molar-refractivity contribution in [1.82, 2.24) is 14.5 Å². The standard InChI is InChI=1S/C31H31F2N5O/c1-19(32)38-28-8-3-2-7-27(28)36-30(38)21-13-15-37(16-14-21)31(39)22-11-12-26(25(17-22)29(34)20-9-10-20)35-24-6-4-5-23(33)18-24/h2-8,11-12,17-21,34-35H,9-10,13-16H2,1H3. The monoisotopic (exact) mass is 527 g/mol. The summed E-state index contributed by atoms with van der Waals surface area (Å²) in [6, 6.07) is 19.2. The van der Waals surface area contributed by atoms with Crippen molar-refractivity contribution in [2.24, 2.45) is 5.92 Å². The summed E-state index contributed by atoms with van der Waals surface area (Å²) in [7, 11) is 0. The van der Waals surface area contributed by atoms with Gasteiger partial charge in [-0.15, -0.1) is 0 Å². The molecule has 200 valence electrons. The number of hydrogen-bond donors (Lipinski definition) is 2. The Kier molecular flexibility index (Phi) is 6.62. The molecular weight excluding hydrogens is 496 g/mol. The van der Waals surface area contributed by atoms with E-state index >= 15 is 0 Å². The van der Waals surface area contributed by atoms with E-state index in [1.807, 2.05) is 35.2 Å². The van der Waals surface area contributed by atoms with Crippen LogP contribution in [-0.4, -0.2) is 39.2 Å². The number of likely N-dealkylation sites (tertiary alicyclic amines) is 1. The Morgan fingerprint density at radius 1 is 1.03 bits per heavy atom. The highest BCUT2D eigenvalue weighted by atomic mass is 19.1. The summed E-state index contributed by atoms with van der Waals surface area (Å²) in [6.45, 7) is 2.62. The van der Waals surface area contributed by atoms with Crippen molar-refractivity contribution in [3.8, 4) is 0 Å². The largest absolute Gasteiger partial charge is 0.355 e. The van der Waals surface area contributed by atoms with Crippen LogP contribution in [0, 0.1) is 17.1 Å². The zero-order valence-electron chi connectivity index (χ0n) is 21.8. The maximum atomic E-state index is 14.6. The van der Waals surface area contributed by atoms with Crippen molar-refractivity contribution < 1.29 is 13.6 Å². The van der Waals surface area contributed by atoms with Gasteiger partial charge in [-0.2, -0.15) is 0 Å². The number of piperidine rings is 1. The number of alkyl halides is 1. The van der Waals surface area contributed by atoms with Gasteiger partial charge in [0.15, 0.2) is 6.30 Å². The summed E-state index contributed by atoms with van der Waals surface area (Å²) in [5.41, 5.74) is 4.56. The number of para-hydroxylation sites is 2. The molecule has 39 heavy (non-hydrogen) atoms. The third-order valence-electron chi connectivity index (χ3n) is 7.77. The molecule has 1 aromatic heterocycles. The fraction of sp³-hybridized carbons (Fsp3) is 0.323. The zero-order chi connectivity index (χ0) is 27.1. The van der Waals surface area contributed by atoms with Crippen LogP contribution < -0.4 is 5.32 Å². The lowest BCUT2D eigenvalue weighted by Crippen LogP contribution is -2.38. The number of aromatic nitrogens is 2. The van der Waals surface area contributed by atoms with Crippen LogP contribution in [0.4, 0.5) is 20.2 Å². The van der Waals surface area contributed by atoms with E-state index in [-0.39, 0.29) is 23.6 Å². The topological polar surface area (TPSA) is 74.0 Å². The first-order valence-electron chi connectivity index (χ1n) is 13.5. The molecule has 2 heterocycles. The van der Waals surface area contributed by atoms with Crippen LogP contribution in [0.25, 0.3) is 11.0 Å². The Hall–Kier alpha value is -4.07. The summed E-state index contributed by atoms with van der Waals surface area (Å²) >= 11 is 0. The summed E-state index contributed by atoms with van der Waals surface area (Å²) in [4.78, 5) is 20.1. The van der Waals surface area contributed by atoms with Crippen LogP contribution in [-0.2, 0) is 0 Å². The van der Waals surface area contributed by atoms with E-state index in [1.165, 1.54) is 19.1 Å². The fourth-order valence-corrected chi connectivity index (χ4v) is 5.57. The molecule has 1 saturated heterocycles. The summed E-state index contributed by atoms with van der Waals surface area (Å²) in [6.07, 6.45) is 2.14. The highest BCUT2D eigenvalue weighted by molar-refractivity contribution is 6.08. The first-order chi connectivity index (χ1) is 18.9. The van der Waals surface area contributed by atoms with E-state index in [2.05, 4.69) is 5.32 Å². The lowest BCUT2D eigenvalue weighted by Gasteiger charge is -2.32. The molecule has 0 spiro atoms. The molecule has 8 heteroatoms. The first kappa shape index (κ1) is 25.2. The van der Waals surface area contributed by atoms with Gasteiger partial charge >= 0.3 is 0 Å². The predicted molar refractivity (Wildman–Crippen MR) is 149 cm³/mol. The van der Waals surface area contributed by atoms with Gasteiger partial charge in [-0.25, -0.2) is 13.8 Å². The third-order valence-corrected chi connectivity index (χ3v) is 7.77. The Balaban J connectivity index is 1.21. The molecule has 2 N–H and O–H groups in total. The molecular formula is C31H31F2N5O. The van der Waals surface area contributed by atoms with Gasteiger partial charge in [0.25, 0.3) is 5.91 Å². The highest BCUT2D eigenvalue weighted by Crippen LogP contribution is 2.37. The molecule has 3 aromatic carbocycles. The number of rotatable bonds is 7. The Morgan fingerprint density at radius 2 is 1.79 bits per heavy atom. The number of carbonyl (C=O) groups excluding carboxylic acids is 1. The molecule has 4 aromatic rings. The molecule has 1 aliphatic heterocycles.